The molecule has 0 unspecified atom stereocenters. The van der Waals surface area contributed by atoms with E-state index in [-0.39, 0.29) is 6.79 Å². The van der Waals surface area contributed by atoms with Crippen LogP contribution in [0.5, 0.6) is 17.2 Å². The molecule has 2 aromatic rings. The van der Waals surface area contributed by atoms with E-state index in [9.17, 15) is 0 Å². The zero-order chi connectivity index (χ0) is 13.9. The molecule has 0 radical (unpaired) electrons. The third kappa shape index (κ3) is 2.79. The van der Waals surface area contributed by atoms with Crippen molar-refractivity contribution >= 4 is 23.2 Å². The van der Waals surface area contributed by atoms with Crippen LogP contribution in [-0.2, 0) is 6.42 Å². The topological polar surface area (TPSA) is 27.7 Å². The second-order valence-corrected chi connectivity index (χ2v) is 5.17. The maximum absolute atomic E-state index is 6.12. The molecule has 1 heterocycles. The summed E-state index contributed by atoms with van der Waals surface area (Å²) in [7, 11) is 0. The molecule has 20 heavy (non-hydrogen) atoms. The average molecular weight is 311 g/mol. The Morgan fingerprint density at radius 2 is 2.00 bits per heavy atom. The smallest absolute Gasteiger partial charge is 0.231 e. The predicted octanol–water partition coefficient (Wildman–Crippen LogP) is 4.34. The Balaban J connectivity index is 1.64. The summed E-state index contributed by atoms with van der Waals surface area (Å²) in [6.45, 7) is 0.736. The highest BCUT2D eigenvalue weighted by Gasteiger charge is 2.18. The molecule has 3 nitrogen and oxygen atoms in total. The first-order chi connectivity index (χ1) is 9.74. The maximum Gasteiger partial charge on any atom is 0.231 e. The van der Waals surface area contributed by atoms with Crippen molar-refractivity contribution in [2.24, 2.45) is 0 Å². The first kappa shape index (κ1) is 13.4. The van der Waals surface area contributed by atoms with Crippen LogP contribution in [0.1, 0.15) is 5.56 Å². The van der Waals surface area contributed by atoms with Crippen molar-refractivity contribution in [1.29, 1.82) is 0 Å². The summed E-state index contributed by atoms with van der Waals surface area (Å²) in [4.78, 5) is 0. The lowest BCUT2D eigenvalue weighted by Crippen LogP contribution is -2.02. The summed E-state index contributed by atoms with van der Waals surface area (Å²) >= 11 is 12.0. The molecular weight excluding hydrogens is 299 g/mol. The van der Waals surface area contributed by atoms with Crippen LogP contribution in [-0.4, -0.2) is 13.4 Å². The largest absolute Gasteiger partial charge is 0.489 e. The molecular formula is C15H12Cl2O3. The molecule has 3 rings (SSSR count). The van der Waals surface area contributed by atoms with Crippen LogP contribution in [0, 0.1) is 0 Å². The van der Waals surface area contributed by atoms with Gasteiger partial charge in [0.1, 0.15) is 0 Å². The molecule has 1 aliphatic heterocycles. The second kappa shape index (κ2) is 5.81. The van der Waals surface area contributed by atoms with E-state index < -0.39 is 0 Å². The van der Waals surface area contributed by atoms with Gasteiger partial charge in [0.05, 0.1) is 6.61 Å². The number of para-hydroxylation sites is 1. The first-order valence-corrected chi connectivity index (χ1v) is 6.95. The minimum Gasteiger partial charge on any atom is -0.489 e. The highest BCUT2D eigenvalue weighted by molar-refractivity contribution is 6.35. The summed E-state index contributed by atoms with van der Waals surface area (Å²) in [6.07, 6.45) is 0.695. The van der Waals surface area contributed by atoms with E-state index >= 15 is 0 Å². The van der Waals surface area contributed by atoms with E-state index in [1.165, 1.54) is 0 Å². The molecule has 0 atom stereocenters. The first-order valence-electron chi connectivity index (χ1n) is 6.19. The van der Waals surface area contributed by atoms with Crippen LogP contribution >= 0.6 is 23.2 Å². The van der Waals surface area contributed by atoms with Crippen molar-refractivity contribution in [2.45, 2.75) is 6.42 Å². The fraction of sp³-hybridized carbons (Fsp3) is 0.200. The second-order valence-electron chi connectivity index (χ2n) is 4.32. The van der Waals surface area contributed by atoms with E-state index in [1.54, 1.807) is 6.07 Å². The minimum atomic E-state index is 0.235. The van der Waals surface area contributed by atoms with Gasteiger partial charge in [-0.15, -0.1) is 0 Å². The molecule has 104 valence electrons. The SMILES string of the molecule is Clc1ccc(CCOc2cccc3c2OCO3)c(Cl)c1. The molecule has 0 bridgehead atoms. The number of rotatable bonds is 4. The molecule has 0 spiro atoms. The third-order valence-corrected chi connectivity index (χ3v) is 3.59. The van der Waals surface area contributed by atoms with Gasteiger partial charge in [-0.1, -0.05) is 35.3 Å². The van der Waals surface area contributed by atoms with Crippen molar-refractivity contribution in [3.8, 4) is 17.2 Å². The molecule has 0 fully saturated rings. The third-order valence-electron chi connectivity index (χ3n) is 3.00. The lowest BCUT2D eigenvalue weighted by molar-refractivity contribution is 0.169. The summed E-state index contributed by atoms with van der Waals surface area (Å²) in [6, 6.07) is 11.0. The van der Waals surface area contributed by atoms with Gasteiger partial charge in [-0.2, -0.15) is 0 Å². The van der Waals surface area contributed by atoms with E-state index in [2.05, 4.69) is 0 Å². The van der Waals surface area contributed by atoms with Crippen LogP contribution in [0.25, 0.3) is 0 Å². The quantitative estimate of drug-likeness (QED) is 0.840. The van der Waals surface area contributed by atoms with Crippen molar-refractivity contribution < 1.29 is 14.2 Å². The number of halogens is 2. The maximum atomic E-state index is 6.12. The van der Waals surface area contributed by atoms with Gasteiger partial charge in [0.2, 0.25) is 12.5 Å². The Morgan fingerprint density at radius 1 is 1.10 bits per heavy atom. The molecule has 0 amide bonds. The van der Waals surface area contributed by atoms with Crippen LogP contribution in [0.3, 0.4) is 0 Å². The van der Waals surface area contributed by atoms with E-state index in [4.69, 9.17) is 37.4 Å². The Morgan fingerprint density at radius 3 is 2.85 bits per heavy atom. The summed E-state index contributed by atoms with van der Waals surface area (Å²) in [5.41, 5.74) is 1.00. The van der Waals surface area contributed by atoms with Crippen LogP contribution in [0.4, 0.5) is 0 Å². The van der Waals surface area contributed by atoms with E-state index in [0.717, 1.165) is 5.56 Å². The highest BCUT2D eigenvalue weighted by atomic mass is 35.5. The fourth-order valence-corrected chi connectivity index (χ4v) is 2.52. The number of benzene rings is 2. The average Bonchev–Trinajstić information content (AvgIpc) is 2.90. The lowest BCUT2D eigenvalue weighted by atomic mass is 10.1. The van der Waals surface area contributed by atoms with Gasteiger partial charge in [-0.3, -0.25) is 0 Å². The molecule has 0 aliphatic carbocycles. The standard InChI is InChI=1S/C15H12Cl2O3/c16-11-5-4-10(12(17)8-11)6-7-18-13-2-1-3-14-15(13)20-9-19-14/h1-5,8H,6-7,9H2. The van der Waals surface area contributed by atoms with E-state index in [0.29, 0.717) is 40.3 Å². The normalized spacial score (nSPS) is 12.5. The van der Waals surface area contributed by atoms with Crippen molar-refractivity contribution in [2.75, 3.05) is 13.4 Å². The zero-order valence-electron chi connectivity index (χ0n) is 10.6. The molecule has 1 aliphatic rings. The van der Waals surface area contributed by atoms with E-state index in [1.807, 2.05) is 30.3 Å². The van der Waals surface area contributed by atoms with Gasteiger partial charge in [0, 0.05) is 16.5 Å². The number of ether oxygens (including phenoxy) is 3. The minimum absolute atomic E-state index is 0.235. The Labute approximate surface area is 127 Å². The van der Waals surface area contributed by atoms with Gasteiger partial charge >= 0.3 is 0 Å². The monoisotopic (exact) mass is 310 g/mol. The van der Waals surface area contributed by atoms with Gasteiger partial charge in [0.15, 0.2) is 11.5 Å². The molecule has 0 N–H and O–H groups in total. The van der Waals surface area contributed by atoms with Crippen LogP contribution < -0.4 is 14.2 Å². The highest BCUT2D eigenvalue weighted by Crippen LogP contribution is 2.40. The van der Waals surface area contributed by atoms with Crippen molar-refractivity contribution in [3.05, 3.63) is 52.0 Å². The molecule has 0 saturated carbocycles. The summed E-state index contributed by atoms with van der Waals surface area (Å²) < 4.78 is 16.4. The van der Waals surface area contributed by atoms with Crippen molar-refractivity contribution in [1.82, 2.24) is 0 Å². The zero-order valence-corrected chi connectivity index (χ0v) is 12.1. The van der Waals surface area contributed by atoms with Crippen LogP contribution in [0.15, 0.2) is 36.4 Å². The van der Waals surface area contributed by atoms with Crippen LogP contribution in [0.2, 0.25) is 10.0 Å². The number of hydrogen-bond donors (Lipinski definition) is 0. The van der Waals surface area contributed by atoms with Crippen molar-refractivity contribution in [3.63, 3.8) is 0 Å². The molecule has 0 aromatic heterocycles. The number of fused-ring (bicyclic) bond motifs is 1. The molecule has 5 heteroatoms. The Hall–Kier alpha value is -1.58. The lowest BCUT2D eigenvalue weighted by Gasteiger charge is -2.09. The van der Waals surface area contributed by atoms with Gasteiger partial charge in [-0.25, -0.2) is 0 Å². The molecule has 0 saturated heterocycles. The Kier molecular flexibility index (Phi) is 3.90. The Bertz CT molecular complexity index is 629. The summed E-state index contributed by atoms with van der Waals surface area (Å²) in [5.74, 6) is 2.06. The molecule has 2 aromatic carbocycles. The fourth-order valence-electron chi connectivity index (χ4n) is 2.01. The number of hydrogen-bond acceptors (Lipinski definition) is 3. The summed E-state index contributed by atoms with van der Waals surface area (Å²) in [5, 5.41) is 1.28. The van der Waals surface area contributed by atoms with Gasteiger partial charge in [0.25, 0.3) is 0 Å². The van der Waals surface area contributed by atoms with Gasteiger partial charge < -0.3 is 14.2 Å². The predicted molar refractivity (Wildman–Crippen MR) is 78.2 cm³/mol. The van der Waals surface area contributed by atoms with Gasteiger partial charge in [-0.05, 0) is 29.8 Å².